The van der Waals surface area contributed by atoms with E-state index in [-0.39, 0.29) is 36.3 Å². The summed E-state index contributed by atoms with van der Waals surface area (Å²) in [5.74, 6) is 0.342. The number of aliphatic hydroxyl groups excluding tert-OH is 2. The topological polar surface area (TPSA) is 120 Å². The lowest BCUT2D eigenvalue weighted by atomic mass is 9.84. The van der Waals surface area contributed by atoms with Crippen molar-refractivity contribution in [2.24, 2.45) is 11.8 Å². The van der Waals surface area contributed by atoms with Crippen molar-refractivity contribution in [3.63, 3.8) is 0 Å². The second-order valence-corrected chi connectivity index (χ2v) is 12.3. The summed E-state index contributed by atoms with van der Waals surface area (Å²) in [6.45, 7) is 3.69. The molecule has 2 aromatic heterocycles. The van der Waals surface area contributed by atoms with Gasteiger partial charge >= 0.3 is 0 Å². The molecule has 232 valence electrons. The van der Waals surface area contributed by atoms with E-state index in [0.29, 0.717) is 42.7 Å². The quantitative estimate of drug-likeness (QED) is 0.359. The van der Waals surface area contributed by atoms with Crippen LogP contribution in [0.2, 0.25) is 0 Å². The Morgan fingerprint density at radius 3 is 2.42 bits per heavy atom. The summed E-state index contributed by atoms with van der Waals surface area (Å²) in [5.41, 5.74) is 1.38. The second kappa shape index (κ2) is 13.2. The first-order valence-electron chi connectivity index (χ1n) is 15.6. The number of β-amino-alcohol motifs (C(OH)–C–C–N with tert-alkyl or cyclic N) is 1. The van der Waals surface area contributed by atoms with Crippen LogP contribution in [0, 0.1) is 23.5 Å². The molecule has 1 aromatic carbocycles. The predicted octanol–water partition coefficient (Wildman–Crippen LogP) is 3.81. The van der Waals surface area contributed by atoms with Gasteiger partial charge in [-0.25, -0.2) is 23.7 Å². The summed E-state index contributed by atoms with van der Waals surface area (Å²) >= 11 is 0. The number of carbonyl (C=O) groups excluding carboxylic acids is 1. The number of fused-ring (bicyclic) bond motifs is 1. The van der Waals surface area contributed by atoms with Crippen molar-refractivity contribution >= 4 is 28.7 Å². The SMILES string of the molecule is O=C(C1CCC(n2c(Nc3ccc(F)cc3F)nc3cnc(CC4CCC(O)CC4)nc32)CC1)N1CCN(CCO)CC1. The van der Waals surface area contributed by atoms with Gasteiger partial charge in [-0.05, 0) is 69.4 Å². The molecule has 2 aliphatic carbocycles. The Labute approximate surface area is 250 Å². The number of rotatable bonds is 8. The number of halogens is 2. The number of aromatic nitrogens is 4. The Morgan fingerprint density at radius 2 is 1.72 bits per heavy atom. The molecular weight excluding hydrogens is 556 g/mol. The Hall–Kier alpha value is -3.22. The molecule has 3 N–H and O–H groups in total. The largest absolute Gasteiger partial charge is 0.395 e. The van der Waals surface area contributed by atoms with Gasteiger partial charge in [0.1, 0.15) is 23.0 Å². The lowest BCUT2D eigenvalue weighted by molar-refractivity contribution is -0.138. The first-order chi connectivity index (χ1) is 20.9. The molecule has 2 saturated carbocycles. The lowest BCUT2D eigenvalue weighted by Gasteiger charge is -2.38. The minimum Gasteiger partial charge on any atom is -0.395 e. The Kier molecular flexibility index (Phi) is 9.15. The lowest BCUT2D eigenvalue weighted by Crippen LogP contribution is -2.51. The third-order valence-electron chi connectivity index (χ3n) is 9.46. The number of anilines is 2. The summed E-state index contributed by atoms with van der Waals surface area (Å²) in [7, 11) is 0. The highest BCUT2D eigenvalue weighted by molar-refractivity contribution is 5.79. The van der Waals surface area contributed by atoms with Gasteiger partial charge in [0.15, 0.2) is 5.65 Å². The summed E-state index contributed by atoms with van der Waals surface area (Å²) in [6.07, 6.45) is 8.61. The average Bonchev–Trinajstić information content (AvgIpc) is 3.37. The Morgan fingerprint density at radius 1 is 0.977 bits per heavy atom. The van der Waals surface area contributed by atoms with Gasteiger partial charge in [0.05, 0.1) is 24.6 Å². The van der Waals surface area contributed by atoms with Gasteiger partial charge in [-0.1, -0.05) is 0 Å². The number of imidazole rings is 1. The van der Waals surface area contributed by atoms with E-state index in [1.807, 2.05) is 9.47 Å². The molecule has 10 nitrogen and oxygen atoms in total. The molecule has 3 aliphatic rings. The number of carbonyl (C=O) groups is 1. The molecule has 0 radical (unpaired) electrons. The minimum absolute atomic E-state index is 0.00552. The highest BCUT2D eigenvalue weighted by atomic mass is 19.1. The van der Waals surface area contributed by atoms with Gasteiger partial charge in [0.25, 0.3) is 0 Å². The van der Waals surface area contributed by atoms with Crippen LogP contribution in [0.3, 0.4) is 0 Å². The maximum Gasteiger partial charge on any atom is 0.225 e. The second-order valence-electron chi connectivity index (χ2n) is 12.3. The fraction of sp³-hybridized carbons (Fsp3) is 0.613. The number of nitrogens with zero attached hydrogens (tertiary/aromatic N) is 6. The van der Waals surface area contributed by atoms with Gasteiger partial charge < -0.3 is 20.4 Å². The van der Waals surface area contributed by atoms with Crippen molar-refractivity contribution in [2.75, 3.05) is 44.6 Å². The Balaban J connectivity index is 1.22. The van der Waals surface area contributed by atoms with E-state index in [2.05, 4.69) is 15.2 Å². The van der Waals surface area contributed by atoms with Crippen LogP contribution >= 0.6 is 0 Å². The predicted molar refractivity (Wildman–Crippen MR) is 158 cm³/mol. The molecule has 43 heavy (non-hydrogen) atoms. The fourth-order valence-corrected chi connectivity index (χ4v) is 6.95. The summed E-state index contributed by atoms with van der Waals surface area (Å²) in [5, 5.41) is 22.2. The normalized spacial score (nSPS) is 25.3. The smallest absolute Gasteiger partial charge is 0.225 e. The first kappa shape index (κ1) is 29.8. The van der Waals surface area contributed by atoms with E-state index in [9.17, 15) is 23.8 Å². The number of benzene rings is 1. The van der Waals surface area contributed by atoms with Crippen molar-refractivity contribution in [2.45, 2.75) is 69.9 Å². The maximum atomic E-state index is 14.7. The van der Waals surface area contributed by atoms with Crippen LogP contribution < -0.4 is 5.32 Å². The van der Waals surface area contributed by atoms with Gasteiger partial charge in [0, 0.05) is 57.2 Å². The molecule has 1 saturated heterocycles. The molecule has 3 heterocycles. The van der Waals surface area contributed by atoms with Crippen molar-refractivity contribution in [3.8, 4) is 0 Å². The monoisotopic (exact) mass is 597 g/mol. The molecule has 0 spiro atoms. The van der Waals surface area contributed by atoms with E-state index >= 15 is 0 Å². The zero-order valence-corrected chi connectivity index (χ0v) is 24.5. The minimum atomic E-state index is -0.710. The third kappa shape index (κ3) is 6.81. The van der Waals surface area contributed by atoms with Gasteiger partial charge in [-0.15, -0.1) is 0 Å². The van der Waals surface area contributed by atoms with E-state index in [1.54, 1.807) is 6.20 Å². The molecule has 1 aliphatic heterocycles. The molecule has 0 atom stereocenters. The van der Waals surface area contributed by atoms with E-state index in [0.717, 1.165) is 82.8 Å². The standard InChI is InChI=1S/C31H41F2N7O3/c32-22-5-10-26(25(33)18-22)35-31-36-27-19-34-28(17-20-1-8-24(42)9-2-20)37-29(27)40(31)23-6-3-21(4-7-23)30(43)39-13-11-38(12-14-39)15-16-41/h5,10,18-21,23-24,41-42H,1-4,6-9,11-17H2,(H,35,36). The average molecular weight is 598 g/mol. The molecule has 0 bridgehead atoms. The molecule has 6 rings (SSSR count). The highest BCUT2D eigenvalue weighted by Gasteiger charge is 2.33. The molecule has 12 heteroatoms. The zero-order chi connectivity index (χ0) is 29.9. The van der Waals surface area contributed by atoms with Crippen LogP contribution in [0.5, 0.6) is 0 Å². The molecule has 0 unspecified atom stereocenters. The van der Waals surface area contributed by atoms with Crippen molar-refractivity contribution in [1.82, 2.24) is 29.3 Å². The van der Waals surface area contributed by atoms with E-state index in [4.69, 9.17) is 9.97 Å². The Bertz CT molecular complexity index is 1410. The number of nitrogens with one attached hydrogen (secondary N) is 1. The van der Waals surface area contributed by atoms with Crippen LogP contribution in [0.15, 0.2) is 24.4 Å². The maximum absolute atomic E-state index is 14.7. The molecule has 3 fully saturated rings. The van der Waals surface area contributed by atoms with Crippen LogP contribution in [-0.2, 0) is 11.2 Å². The van der Waals surface area contributed by atoms with Crippen molar-refractivity contribution in [3.05, 3.63) is 41.9 Å². The van der Waals surface area contributed by atoms with Gasteiger partial charge in [-0.2, -0.15) is 0 Å². The van der Waals surface area contributed by atoms with Crippen LogP contribution in [0.4, 0.5) is 20.4 Å². The zero-order valence-electron chi connectivity index (χ0n) is 24.5. The first-order valence-corrected chi connectivity index (χ1v) is 15.6. The van der Waals surface area contributed by atoms with Crippen molar-refractivity contribution < 1.29 is 23.8 Å². The van der Waals surface area contributed by atoms with Crippen LogP contribution in [-0.4, -0.2) is 90.9 Å². The molecule has 1 amide bonds. The highest BCUT2D eigenvalue weighted by Crippen LogP contribution is 2.38. The summed E-state index contributed by atoms with van der Waals surface area (Å²) in [4.78, 5) is 31.8. The summed E-state index contributed by atoms with van der Waals surface area (Å²) < 4.78 is 30.3. The van der Waals surface area contributed by atoms with Crippen LogP contribution in [0.25, 0.3) is 11.2 Å². The third-order valence-corrected chi connectivity index (χ3v) is 9.46. The number of hydrogen-bond acceptors (Lipinski definition) is 8. The van der Waals surface area contributed by atoms with E-state index in [1.165, 1.54) is 12.1 Å². The van der Waals surface area contributed by atoms with Crippen LogP contribution in [0.1, 0.15) is 63.2 Å². The number of amides is 1. The molecule has 3 aromatic rings. The summed E-state index contributed by atoms with van der Waals surface area (Å²) in [6, 6.07) is 3.40. The van der Waals surface area contributed by atoms with Gasteiger partial charge in [-0.3, -0.25) is 14.3 Å². The van der Waals surface area contributed by atoms with Crippen molar-refractivity contribution in [1.29, 1.82) is 0 Å². The molecular formula is C31H41F2N7O3. The number of hydrogen-bond donors (Lipinski definition) is 3. The van der Waals surface area contributed by atoms with E-state index < -0.39 is 11.6 Å². The van der Waals surface area contributed by atoms with Gasteiger partial charge in [0.2, 0.25) is 11.9 Å². The number of piperazine rings is 1. The fourth-order valence-electron chi connectivity index (χ4n) is 6.95. The number of aliphatic hydroxyl groups is 2.